The van der Waals surface area contributed by atoms with E-state index in [4.69, 9.17) is 14.2 Å². The summed E-state index contributed by atoms with van der Waals surface area (Å²) < 4.78 is 16.2. The highest BCUT2D eigenvalue weighted by atomic mass is 79.9. The van der Waals surface area contributed by atoms with Gasteiger partial charge in [-0.2, -0.15) is 0 Å². The maximum atomic E-state index is 12.0. The van der Waals surface area contributed by atoms with Gasteiger partial charge in [-0.25, -0.2) is 4.79 Å². The lowest BCUT2D eigenvalue weighted by molar-refractivity contribution is -0.385. The Balaban J connectivity index is 2.23. The predicted molar refractivity (Wildman–Crippen MR) is 89.5 cm³/mol. The summed E-state index contributed by atoms with van der Waals surface area (Å²) in [7, 11) is 2.80. The summed E-state index contributed by atoms with van der Waals surface area (Å²) in [5.74, 6) is -0.0310. The maximum absolute atomic E-state index is 12.0. The number of nitro groups is 1. The van der Waals surface area contributed by atoms with Crippen LogP contribution in [0.5, 0.6) is 11.5 Å². The van der Waals surface area contributed by atoms with Crippen molar-refractivity contribution in [2.45, 2.75) is 6.61 Å². The van der Waals surface area contributed by atoms with Gasteiger partial charge in [0.05, 0.1) is 36.3 Å². The van der Waals surface area contributed by atoms with Crippen LogP contribution in [0, 0.1) is 10.1 Å². The molecule has 0 fully saturated rings. The monoisotopic (exact) mass is 395 g/mol. The average Bonchev–Trinajstić information content (AvgIpc) is 2.59. The van der Waals surface area contributed by atoms with Crippen LogP contribution in [0.2, 0.25) is 0 Å². The Bertz CT molecular complexity index is 760. The highest BCUT2D eigenvalue weighted by Gasteiger charge is 2.21. The Morgan fingerprint density at radius 3 is 2.25 bits per heavy atom. The molecule has 2 rings (SSSR count). The molecule has 2 aromatic carbocycles. The molecule has 0 radical (unpaired) electrons. The van der Waals surface area contributed by atoms with Crippen LogP contribution in [0.1, 0.15) is 15.9 Å². The Kier molecular flexibility index (Phi) is 5.75. The van der Waals surface area contributed by atoms with Crippen LogP contribution in [0.25, 0.3) is 0 Å². The molecule has 0 aliphatic heterocycles. The van der Waals surface area contributed by atoms with E-state index >= 15 is 0 Å². The van der Waals surface area contributed by atoms with Gasteiger partial charge in [-0.15, -0.1) is 0 Å². The fraction of sp³-hybridized carbons (Fsp3) is 0.188. The Hall–Kier alpha value is -2.61. The lowest BCUT2D eigenvalue weighted by atomic mass is 10.1. The zero-order valence-corrected chi connectivity index (χ0v) is 14.5. The van der Waals surface area contributed by atoms with Crippen LogP contribution >= 0.6 is 15.9 Å². The molecule has 0 unspecified atom stereocenters. The standard InChI is InChI=1S/C16H14BrNO6/c1-22-14-7-11(13(18(20)21)8-15(14)23-2)9-24-16(19)10-3-5-12(17)6-4-10/h3-8H,9H2,1-2H3. The van der Waals surface area contributed by atoms with E-state index in [0.717, 1.165) is 4.47 Å². The summed E-state index contributed by atoms with van der Waals surface area (Å²) in [6, 6.07) is 9.25. The lowest BCUT2D eigenvalue weighted by Crippen LogP contribution is -2.07. The number of nitrogens with zero attached hydrogens (tertiary/aromatic N) is 1. The van der Waals surface area contributed by atoms with E-state index in [1.807, 2.05) is 0 Å². The predicted octanol–water partition coefficient (Wildman–Crippen LogP) is 3.73. The molecular weight excluding hydrogens is 382 g/mol. The molecule has 0 aromatic heterocycles. The summed E-state index contributed by atoms with van der Waals surface area (Å²) >= 11 is 3.27. The minimum absolute atomic E-state index is 0.211. The van der Waals surface area contributed by atoms with Crippen molar-refractivity contribution in [1.29, 1.82) is 0 Å². The largest absolute Gasteiger partial charge is 0.493 e. The van der Waals surface area contributed by atoms with Gasteiger partial charge in [0.25, 0.3) is 5.69 Å². The molecule has 0 saturated carbocycles. The summed E-state index contributed by atoms with van der Waals surface area (Å²) in [6.45, 7) is -0.258. The van der Waals surface area contributed by atoms with Gasteiger partial charge < -0.3 is 14.2 Å². The number of ether oxygens (including phenoxy) is 3. The smallest absolute Gasteiger partial charge is 0.338 e. The number of esters is 1. The third kappa shape index (κ3) is 4.02. The van der Waals surface area contributed by atoms with Crippen molar-refractivity contribution < 1.29 is 23.9 Å². The second kappa shape index (κ2) is 7.78. The highest BCUT2D eigenvalue weighted by molar-refractivity contribution is 9.10. The Labute approximate surface area is 146 Å². The van der Waals surface area contributed by atoms with E-state index in [-0.39, 0.29) is 23.6 Å². The lowest BCUT2D eigenvalue weighted by Gasteiger charge is -2.11. The molecule has 0 spiro atoms. The first-order chi connectivity index (χ1) is 11.5. The van der Waals surface area contributed by atoms with Crippen LogP contribution in [-0.4, -0.2) is 25.1 Å². The van der Waals surface area contributed by atoms with Gasteiger partial charge in [-0.05, 0) is 30.3 Å². The summed E-state index contributed by atoms with van der Waals surface area (Å²) in [6.07, 6.45) is 0. The van der Waals surface area contributed by atoms with Crippen molar-refractivity contribution in [2.75, 3.05) is 14.2 Å². The molecule has 126 valence electrons. The number of benzene rings is 2. The fourth-order valence-electron chi connectivity index (χ4n) is 2.01. The normalized spacial score (nSPS) is 10.1. The SMILES string of the molecule is COc1cc(COC(=O)c2ccc(Br)cc2)c([N+](=O)[O-])cc1OC. The molecule has 0 atom stereocenters. The van der Waals surface area contributed by atoms with Gasteiger partial charge in [-0.1, -0.05) is 15.9 Å². The van der Waals surface area contributed by atoms with Gasteiger partial charge in [0, 0.05) is 4.47 Å². The molecule has 8 heteroatoms. The van der Waals surface area contributed by atoms with Gasteiger partial charge >= 0.3 is 5.97 Å². The van der Waals surface area contributed by atoms with Gasteiger partial charge in [0.15, 0.2) is 11.5 Å². The molecule has 24 heavy (non-hydrogen) atoms. The third-order valence-corrected chi connectivity index (χ3v) is 3.75. The zero-order chi connectivity index (χ0) is 17.7. The quantitative estimate of drug-likeness (QED) is 0.420. The van der Waals surface area contributed by atoms with E-state index in [1.165, 1.54) is 26.4 Å². The molecule has 7 nitrogen and oxygen atoms in total. The number of carbonyl (C=O) groups is 1. The first-order valence-corrected chi connectivity index (χ1v) is 7.57. The molecule has 0 bridgehead atoms. The van der Waals surface area contributed by atoms with Gasteiger partial charge in [0.2, 0.25) is 0 Å². The topological polar surface area (TPSA) is 87.9 Å². The van der Waals surface area contributed by atoms with E-state index < -0.39 is 10.9 Å². The first kappa shape index (κ1) is 17.7. The Morgan fingerprint density at radius 1 is 1.12 bits per heavy atom. The van der Waals surface area contributed by atoms with E-state index in [9.17, 15) is 14.9 Å². The first-order valence-electron chi connectivity index (χ1n) is 6.78. The molecule has 0 aliphatic carbocycles. The van der Waals surface area contributed by atoms with Gasteiger partial charge in [0.1, 0.15) is 6.61 Å². The van der Waals surface area contributed by atoms with Crippen LogP contribution < -0.4 is 9.47 Å². The minimum Gasteiger partial charge on any atom is -0.493 e. The summed E-state index contributed by atoms with van der Waals surface area (Å²) in [5, 5.41) is 11.2. The maximum Gasteiger partial charge on any atom is 0.338 e. The molecule has 0 N–H and O–H groups in total. The van der Waals surface area contributed by atoms with Crippen molar-refractivity contribution in [3.8, 4) is 11.5 Å². The number of hydrogen-bond donors (Lipinski definition) is 0. The molecule has 0 saturated heterocycles. The zero-order valence-electron chi connectivity index (χ0n) is 12.9. The van der Waals surface area contributed by atoms with E-state index in [1.54, 1.807) is 24.3 Å². The summed E-state index contributed by atoms with van der Waals surface area (Å²) in [5.41, 5.74) is 0.348. The van der Waals surface area contributed by atoms with Crippen LogP contribution in [-0.2, 0) is 11.3 Å². The number of carbonyl (C=O) groups excluding carboxylic acids is 1. The highest BCUT2D eigenvalue weighted by Crippen LogP contribution is 2.34. The number of methoxy groups -OCH3 is 2. The van der Waals surface area contributed by atoms with Gasteiger partial charge in [-0.3, -0.25) is 10.1 Å². The van der Waals surface area contributed by atoms with Crippen molar-refractivity contribution in [3.05, 3.63) is 62.1 Å². The average molecular weight is 396 g/mol. The molecule has 0 heterocycles. The van der Waals surface area contributed by atoms with Crippen molar-refractivity contribution in [3.63, 3.8) is 0 Å². The fourth-order valence-corrected chi connectivity index (χ4v) is 2.27. The van der Waals surface area contributed by atoms with Crippen LogP contribution in [0.15, 0.2) is 40.9 Å². The third-order valence-electron chi connectivity index (χ3n) is 3.22. The molecule has 2 aromatic rings. The van der Waals surface area contributed by atoms with Crippen LogP contribution in [0.4, 0.5) is 5.69 Å². The van der Waals surface area contributed by atoms with E-state index in [0.29, 0.717) is 11.3 Å². The second-order valence-corrected chi connectivity index (χ2v) is 5.59. The Morgan fingerprint density at radius 2 is 1.71 bits per heavy atom. The second-order valence-electron chi connectivity index (χ2n) is 4.68. The minimum atomic E-state index is -0.577. The molecule has 0 amide bonds. The number of nitro benzene ring substituents is 1. The number of halogens is 1. The van der Waals surface area contributed by atoms with Crippen molar-refractivity contribution in [1.82, 2.24) is 0 Å². The summed E-state index contributed by atoms with van der Waals surface area (Å²) in [4.78, 5) is 22.7. The van der Waals surface area contributed by atoms with Crippen LogP contribution in [0.3, 0.4) is 0 Å². The molecule has 0 aliphatic rings. The van der Waals surface area contributed by atoms with Crippen molar-refractivity contribution in [2.24, 2.45) is 0 Å². The van der Waals surface area contributed by atoms with Crippen molar-refractivity contribution >= 4 is 27.6 Å². The molecular formula is C16H14BrNO6. The van der Waals surface area contributed by atoms with E-state index in [2.05, 4.69) is 15.9 Å². The number of rotatable bonds is 6. The number of hydrogen-bond acceptors (Lipinski definition) is 6.